The lowest BCUT2D eigenvalue weighted by molar-refractivity contribution is -0.128. The SMILES string of the molecule is CN=C(NCCCOCc1ccco1)NCCNC(=O)C(C)(C)C.I. The van der Waals surface area contributed by atoms with Gasteiger partial charge in [0.05, 0.1) is 6.26 Å². The Morgan fingerprint density at radius 2 is 1.88 bits per heavy atom. The molecule has 0 unspecified atom stereocenters. The molecule has 1 rings (SSSR count). The van der Waals surface area contributed by atoms with Gasteiger partial charge in [-0.2, -0.15) is 0 Å². The van der Waals surface area contributed by atoms with Gasteiger partial charge < -0.3 is 25.1 Å². The smallest absolute Gasteiger partial charge is 0.225 e. The molecule has 0 saturated heterocycles. The number of rotatable bonds is 9. The predicted octanol–water partition coefficient (Wildman–Crippen LogP) is 2.13. The van der Waals surface area contributed by atoms with Gasteiger partial charge >= 0.3 is 0 Å². The van der Waals surface area contributed by atoms with Crippen LogP contribution in [0.5, 0.6) is 0 Å². The molecule has 7 nitrogen and oxygen atoms in total. The van der Waals surface area contributed by atoms with E-state index < -0.39 is 0 Å². The Labute approximate surface area is 167 Å². The molecule has 144 valence electrons. The number of ether oxygens (including phenoxy) is 1. The number of hydrogen-bond donors (Lipinski definition) is 3. The maximum absolute atomic E-state index is 11.7. The first-order valence-corrected chi connectivity index (χ1v) is 8.26. The highest BCUT2D eigenvalue weighted by molar-refractivity contribution is 14.0. The lowest BCUT2D eigenvalue weighted by Crippen LogP contribution is -2.43. The van der Waals surface area contributed by atoms with Gasteiger partial charge in [-0.15, -0.1) is 24.0 Å². The van der Waals surface area contributed by atoms with Crippen LogP contribution in [0.1, 0.15) is 33.0 Å². The molecule has 1 aromatic heterocycles. The highest BCUT2D eigenvalue weighted by atomic mass is 127. The molecule has 25 heavy (non-hydrogen) atoms. The molecule has 0 saturated carbocycles. The molecule has 1 aromatic rings. The van der Waals surface area contributed by atoms with Crippen LogP contribution in [-0.4, -0.2) is 45.2 Å². The van der Waals surface area contributed by atoms with Gasteiger partial charge in [0.2, 0.25) is 5.91 Å². The lowest BCUT2D eigenvalue weighted by atomic mass is 9.96. The molecule has 1 amide bonds. The largest absolute Gasteiger partial charge is 0.467 e. The Hall–Kier alpha value is -1.29. The number of amides is 1. The van der Waals surface area contributed by atoms with Gasteiger partial charge in [0.15, 0.2) is 5.96 Å². The first-order valence-electron chi connectivity index (χ1n) is 8.26. The van der Waals surface area contributed by atoms with Gasteiger partial charge in [-0.1, -0.05) is 20.8 Å². The molecule has 0 bridgehead atoms. The van der Waals surface area contributed by atoms with Crippen LogP contribution in [0, 0.1) is 5.41 Å². The summed E-state index contributed by atoms with van der Waals surface area (Å²) >= 11 is 0. The lowest BCUT2D eigenvalue weighted by Gasteiger charge is -2.18. The Balaban J connectivity index is 0.00000576. The minimum atomic E-state index is -0.366. The van der Waals surface area contributed by atoms with E-state index in [-0.39, 0.29) is 35.3 Å². The van der Waals surface area contributed by atoms with E-state index in [2.05, 4.69) is 20.9 Å². The predicted molar refractivity (Wildman–Crippen MR) is 110 cm³/mol. The summed E-state index contributed by atoms with van der Waals surface area (Å²) in [5, 5.41) is 9.25. The highest BCUT2D eigenvalue weighted by Gasteiger charge is 2.20. The van der Waals surface area contributed by atoms with Crippen molar-refractivity contribution in [3.8, 4) is 0 Å². The molecular formula is C17H31IN4O3. The molecule has 8 heteroatoms. The number of aliphatic imine (C=N–C) groups is 1. The molecule has 0 fully saturated rings. The number of halogens is 1. The summed E-state index contributed by atoms with van der Waals surface area (Å²) in [6.07, 6.45) is 2.50. The van der Waals surface area contributed by atoms with E-state index in [9.17, 15) is 4.79 Å². The van der Waals surface area contributed by atoms with Crippen LogP contribution in [-0.2, 0) is 16.1 Å². The second kappa shape index (κ2) is 13.0. The number of furan rings is 1. The van der Waals surface area contributed by atoms with Gasteiger partial charge in [0, 0.05) is 38.7 Å². The summed E-state index contributed by atoms with van der Waals surface area (Å²) in [6, 6.07) is 3.74. The van der Waals surface area contributed by atoms with Crippen molar-refractivity contribution in [3.63, 3.8) is 0 Å². The average Bonchev–Trinajstić information content (AvgIpc) is 3.04. The van der Waals surface area contributed by atoms with E-state index in [1.807, 2.05) is 32.9 Å². The molecule has 3 N–H and O–H groups in total. The molecule has 0 spiro atoms. The van der Waals surface area contributed by atoms with Crippen molar-refractivity contribution in [1.29, 1.82) is 0 Å². The third kappa shape index (κ3) is 11.0. The fourth-order valence-corrected chi connectivity index (χ4v) is 1.79. The van der Waals surface area contributed by atoms with Gasteiger partial charge in [-0.25, -0.2) is 0 Å². The van der Waals surface area contributed by atoms with Crippen LogP contribution in [0.2, 0.25) is 0 Å². The third-order valence-electron chi connectivity index (χ3n) is 3.19. The maximum atomic E-state index is 11.7. The summed E-state index contributed by atoms with van der Waals surface area (Å²) < 4.78 is 10.7. The topological polar surface area (TPSA) is 87.9 Å². The minimum absolute atomic E-state index is 0. The number of carbonyl (C=O) groups excluding carboxylic acids is 1. The fraction of sp³-hybridized carbons (Fsp3) is 0.647. The zero-order valence-electron chi connectivity index (χ0n) is 15.6. The van der Waals surface area contributed by atoms with Gasteiger partial charge in [-0.05, 0) is 18.6 Å². The normalized spacial score (nSPS) is 11.6. The molecular weight excluding hydrogens is 435 g/mol. The first-order chi connectivity index (χ1) is 11.4. The van der Waals surface area contributed by atoms with Crippen molar-refractivity contribution < 1.29 is 13.9 Å². The Kier molecular flexibility index (Phi) is 12.3. The standard InChI is InChI=1S/C17H30N4O3.HI/c1-17(2,3)15(22)19-9-10-21-16(18-4)20-8-6-11-23-13-14-7-5-12-24-14;/h5,7,12H,6,8-11,13H2,1-4H3,(H,19,22)(H2,18,20,21);1H. The van der Waals surface area contributed by atoms with E-state index in [1.54, 1.807) is 13.3 Å². The van der Waals surface area contributed by atoms with Crippen molar-refractivity contribution in [1.82, 2.24) is 16.0 Å². The van der Waals surface area contributed by atoms with E-state index in [1.165, 1.54) is 0 Å². The highest BCUT2D eigenvalue weighted by Crippen LogP contribution is 2.11. The van der Waals surface area contributed by atoms with Gasteiger partial charge in [0.25, 0.3) is 0 Å². The number of guanidine groups is 1. The van der Waals surface area contributed by atoms with Crippen LogP contribution < -0.4 is 16.0 Å². The fourth-order valence-electron chi connectivity index (χ4n) is 1.79. The first kappa shape index (κ1) is 23.7. The summed E-state index contributed by atoms with van der Waals surface area (Å²) in [7, 11) is 1.72. The van der Waals surface area contributed by atoms with E-state index >= 15 is 0 Å². The minimum Gasteiger partial charge on any atom is -0.467 e. The van der Waals surface area contributed by atoms with E-state index in [0.717, 1.165) is 18.7 Å². The quantitative estimate of drug-likeness (QED) is 0.225. The van der Waals surface area contributed by atoms with Crippen LogP contribution in [0.4, 0.5) is 0 Å². The second-order valence-corrected chi connectivity index (χ2v) is 6.42. The van der Waals surface area contributed by atoms with Crippen LogP contribution in [0.3, 0.4) is 0 Å². The van der Waals surface area contributed by atoms with E-state index in [4.69, 9.17) is 9.15 Å². The number of nitrogens with one attached hydrogen (secondary N) is 3. The Bertz CT molecular complexity index is 498. The number of nitrogens with zero attached hydrogens (tertiary/aromatic N) is 1. The van der Waals surface area contributed by atoms with Crippen molar-refractivity contribution in [3.05, 3.63) is 24.2 Å². The molecule has 1 heterocycles. The Morgan fingerprint density at radius 3 is 2.48 bits per heavy atom. The van der Waals surface area contributed by atoms with Crippen LogP contribution >= 0.6 is 24.0 Å². The average molecular weight is 466 g/mol. The summed E-state index contributed by atoms with van der Waals surface area (Å²) in [6.45, 7) is 8.75. The monoisotopic (exact) mass is 466 g/mol. The summed E-state index contributed by atoms with van der Waals surface area (Å²) in [5.41, 5.74) is -0.366. The Morgan fingerprint density at radius 1 is 1.20 bits per heavy atom. The summed E-state index contributed by atoms with van der Waals surface area (Å²) in [4.78, 5) is 15.9. The van der Waals surface area contributed by atoms with Crippen LogP contribution in [0.25, 0.3) is 0 Å². The maximum Gasteiger partial charge on any atom is 0.225 e. The number of hydrogen-bond acceptors (Lipinski definition) is 4. The zero-order chi connectivity index (χ0) is 17.8. The summed E-state index contributed by atoms with van der Waals surface area (Å²) in [5.74, 6) is 1.59. The number of carbonyl (C=O) groups is 1. The van der Waals surface area contributed by atoms with Gasteiger partial charge in [0.1, 0.15) is 12.4 Å². The molecule has 0 atom stereocenters. The van der Waals surface area contributed by atoms with Crippen molar-refractivity contribution in [2.45, 2.75) is 33.8 Å². The van der Waals surface area contributed by atoms with Crippen molar-refractivity contribution in [2.24, 2.45) is 10.4 Å². The molecule has 0 aromatic carbocycles. The second-order valence-electron chi connectivity index (χ2n) is 6.42. The van der Waals surface area contributed by atoms with Crippen molar-refractivity contribution >= 4 is 35.8 Å². The third-order valence-corrected chi connectivity index (χ3v) is 3.19. The molecule has 0 aliphatic heterocycles. The molecule has 0 aliphatic rings. The van der Waals surface area contributed by atoms with Crippen molar-refractivity contribution in [2.75, 3.05) is 33.3 Å². The van der Waals surface area contributed by atoms with E-state index in [0.29, 0.717) is 32.3 Å². The van der Waals surface area contributed by atoms with Crippen LogP contribution in [0.15, 0.2) is 27.8 Å². The molecule has 0 radical (unpaired) electrons. The molecule has 0 aliphatic carbocycles. The zero-order valence-corrected chi connectivity index (χ0v) is 17.9. The van der Waals surface area contributed by atoms with Gasteiger partial charge in [-0.3, -0.25) is 9.79 Å².